The quantitative estimate of drug-likeness (QED) is 0.901. The van der Waals surface area contributed by atoms with Crippen LogP contribution in [0.25, 0.3) is 0 Å². The molecule has 1 aromatic carbocycles. The molecule has 2 fully saturated rings. The predicted molar refractivity (Wildman–Crippen MR) is 64.3 cm³/mol. The highest BCUT2D eigenvalue weighted by Crippen LogP contribution is 2.44. The van der Waals surface area contributed by atoms with E-state index in [0.29, 0.717) is 19.0 Å². The lowest BCUT2D eigenvalue weighted by Gasteiger charge is -2.47. The molecule has 3 rings (SSSR count). The van der Waals surface area contributed by atoms with Crippen molar-refractivity contribution >= 4 is 5.91 Å². The van der Waals surface area contributed by atoms with Gasteiger partial charge in [-0.15, -0.1) is 0 Å². The minimum atomic E-state index is -0.725. The minimum absolute atomic E-state index is 0.0904. The Labute approximate surface area is 109 Å². The Morgan fingerprint density at radius 2 is 2.05 bits per heavy atom. The van der Waals surface area contributed by atoms with Crippen molar-refractivity contribution in [2.45, 2.75) is 24.9 Å². The Hall–Kier alpha value is -1.49. The third-order valence-corrected chi connectivity index (χ3v) is 3.98. The maximum absolute atomic E-state index is 13.4. The zero-order valence-corrected chi connectivity index (χ0v) is 10.4. The summed E-state index contributed by atoms with van der Waals surface area (Å²) >= 11 is 0. The van der Waals surface area contributed by atoms with Crippen molar-refractivity contribution in [1.82, 2.24) is 4.90 Å². The minimum Gasteiger partial charge on any atom is -0.386 e. The predicted octanol–water partition coefficient (Wildman–Crippen LogP) is 1.49. The van der Waals surface area contributed by atoms with Gasteiger partial charge in [0.15, 0.2) is 0 Å². The number of benzene rings is 1. The summed E-state index contributed by atoms with van der Waals surface area (Å²) in [6.45, 7) is 0.665. The summed E-state index contributed by atoms with van der Waals surface area (Å²) in [5.74, 6) is -1.26. The molecule has 3 nitrogen and oxygen atoms in total. The molecule has 1 heterocycles. The van der Waals surface area contributed by atoms with Crippen molar-refractivity contribution < 1.29 is 18.7 Å². The fourth-order valence-corrected chi connectivity index (χ4v) is 2.61. The number of hydrogen-bond acceptors (Lipinski definition) is 2. The van der Waals surface area contributed by atoms with Gasteiger partial charge in [-0.3, -0.25) is 4.79 Å². The summed E-state index contributed by atoms with van der Waals surface area (Å²) in [4.78, 5) is 13.4. The van der Waals surface area contributed by atoms with E-state index in [9.17, 15) is 18.7 Å². The van der Waals surface area contributed by atoms with Crippen LogP contribution in [0.2, 0.25) is 0 Å². The Morgan fingerprint density at radius 1 is 1.37 bits per heavy atom. The lowest BCUT2D eigenvalue weighted by atomic mass is 9.88. The van der Waals surface area contributed by atoms with Crippen molar-refractivity contribution in [3.8, 4) is 0 Å². The Kier molecular flexibility index (Phi) is 2.82. The first kappa shape index (κ1) is 12.5. The lowest BCUT2D eigenvalue weighted by Crippen LogP contribution is -2.65. The van der Waals surface area contributed by atoms with E-state index in [1.54, 1.807) is 0 Å². The third-order valence-electron chi connectivity index (χ3n) is 3.98. The van der Waals surface area contributed by atoms with Gasteiger partial charge in [-0.1, -0.05) is 6.07 Å². The monoisotopic (exact) mass is 267 g/mol. The summed E-state index contributed by atoms with van der Waals surface area (Å²) in [7, 11) is 0. The third kappa shape index (κ3) is 2.34. The van der Waals surface area contributed by atoms with Crippen molar-refractivity contribution in [2.75, 3.05) is 13.1 Å². The molecule has 1 aliphatic heterocycles. The van der Waals surface area contributed by atoms with E-state index in [0.717, 1.165) is 25.0 Å². The first-order chi connectivity index (χ1) is 8.98. The molecule has 0 radical (unpaired) electrons. The first-order valence-electron chi connectivity index (χ1n) is 6.42. The second kappa shape index (κ2) is 4.27. The van der Waals surface area contributed by atoms with E-state index in [1.165, 1.54) is 11.0 Å². The van der Waals surface area contributed by atoms with Crippen LogP contribution in [0.5, 0.6) is 0 Å². The van der Waals surface area contributed by atoms with Gasteiger partial charge in [-0.05, 0) is 30.4 Å². The van der Waals surface area contributed by atoms with Crippen molar-refractivity contribution in [3.05, 3.63) is 35.4 Å². The fraction of sp³-hybridized carbons (Fsp3) is 0.500. The molecule has 5 heteroatoms. The van der Waals surface area contributed by atoms with E-state index >= 15 is 0 Å². The molecule has 102 valence electrons. The normalized spacial score (nSPS) is 21.1. The number of carbonyl (C=O) groups is 1. The average Bonchev–Trinajstić information content (AvgIpc) is 3.12. The highest BCUT2D eigenvalue weighted by Gasteiger charge is 2.53. The molecule has 1 aromatic rings. The van der Waals surface area contributed by atoms with Gasteiger partial charge >= 0.3 is 0 Å². The number of rotatable bonds is 3. The zero-order chi connectivity index (χ0) is 13.6. The summed E-state index contributed by atoms with van der Waals surface area (Å²) in [6, 6.07) is 3.21. The van der Waals surface area contributed by atoms with Gasteiger partial charge in [0, 0.05) is 6.07 Å². The van der Waals surface area contributed by atoms with Crippen LogP contribution in [0.1, 0.15) is 18.4 Å². The van der Waals surface area contributed by atoms with Crippen LogP contribution >= 0.6 is 0 Å². The van der Waals surface area contributed by atoms with Gasteiger partial charge in [-0.2, -0.15) is 0 Å². The maximum atomic E-state index is 13.4. The van der Waals surface area contributed by atoms with E-state index in [2.05, 4.69) is 0 Å². The molecular weight excluding hydrogens is 252 g/mol. The Morgan fingerprint density at radius 3 is 2.63 bits per heavy atom. The molecule has 19 heavy (non-hydrogen) atoms. The molecule has 0 spiro atoms. The molecule has 2 aliphatic rings. The topological polar surface area (TPSA) is 40.5 Å². The second-order valence-corrected chi connectivity index (χ2v) is 5.54. The maximum Gasteiger partial charge on any atom is 0.227 e. The van der Waals surface area contributed by atoms with E-state index in [4.69, 9.17) is 0 Å². The number of β-amino-alcohol motifs (C(OH)–C–C–N with tert-alkyl or cyclic N) is 1. The first-order valence-corrected chi connectivity index (χ1v) is 6.42. The number of amides is 1. The molecule has 1 amide bonds. The molecule has 1 saturated heterocycles. The smallest absolute Gasteiger partial charge is 0.227 e. The molecule has 1 N–H and O–H groups in total. The molecule has 0 aromatic heterocycles. The SMILES string of the molecule is O=C(Cc1ccc(F)cc1F)N1CC(O)(C2CC2)C1. The van der Waals surface area contributed by atoms with Crippen LogP contribution in [-0.2, 0) is 11.2 Å². The molecular formula is C14H15F2NO2. The van der Waals surface area contributed by atoms with Gasteiger partial charge in [0.05, 0.1) is 19.5 Å². The molecule has 0 atom stereocenters. The number of aliphatic hydroxyl groups is 1. The van der Waals surface area contributed by atoms with Crippen molar-refractivity contribution in [1.29, 1.82) is 0 Å². The summed E-state index contributed by atoms with van der Waals surface area (Å²) in [5, 5.41) is 10.1. The van der Waals surface area contributed by atoms with Crippen LogP contribution in [0.4, 0.5) is 8.78 Å². The van der Waals surface area contributed by atoms with Crippen LogP contribution in [-0.4, -0.2) is 34.6 Å². The summed E-state index contributed by atoms with van der Waals surface area (Å²) in [6.07, 6.45) is 1.95. The van der Waals surface area contributed by atoms with E-state index in [1.807, 2.05) is 0 Å². The van der Waals surface area contributed by atoms with E-state index < -0.39 is 17.2 Å². The van der Waals surface area contributed by atoms with Crippen molar-refractivity contribution in [3.63, 3.8) is 0 Å². The van der Waals surface area contributed by atoms with Crippen LogP contribution in [0.3, 0.4) is 0 Å². The number of nitrogens with zero attached hydrogens (tertiary/aromatic N) is 1. The highest BCUT2D eigenvalue weighted by molar-refractivity contribution is 5.80. The second-order valence-electron chi connectivity index (χ2n) is 5.54. The van der Waals surface area contributed by atoms with Gasteiger partial charge < -0.3 is 10.0 Å². The Bertz CT molecular complexity index is 522. The number of halogens is 2. The lowest BCUT2D eigenvalue weighted by molar-refractivity contribution is -0.158. The molecule has 1 saturated carbocycles. The van der Waals surface area contributed by atoms with Crippen LogP contribution in [0.15, 0.2) is 18.2 Å². The summed E-state index contributed by atoms with van der Waals surface area (Å²) < 4.78 is 26.2. The average molecular weight is 267 g/mol. The largest absolute Gasteiger partial charge is 0.386 e. The van der Waals surface area contributed by atoms with Gasteiger partial charge in [0.2, 0.25) is 5.91 Å². The number of carbonyl (C=O) groups excluding carboxylic acids is 1. The number of hydrogen-bond donors (Lipinski definition) is 1. The Balaban J connectivity index is 1.60. The van der Waals surface area contributed by atoms with Gasteiger partial charge in [0.1, 0.15) is 17.2 Å². The summed E-state index contributed by atoms with van der Waals surface area (Å²) in [5.41, 5.74) is -0.537. The van der Waals surface area contributed by atoms with Crippen molar-refractivity contribution in [2.24, 2.45) is 5.92 Å². The van der Waals surface area contributed by atoms with Crippen LogP contribution < -0.4 is 0 Å². The molecule has 0 bridgehead atoms. The standard InChI is InChI=1S/C14H15F2NO2/c15-11-4-1-9(12(16)6-11)5-13(18)17-7-14(19,8-17)10-2-3-10/h1,4,6,10,19H,2-3,5,7-8H2. The highest BCUT2D eigenvalue weighted by atomic mass is 19.1. The van der Waals surface area contributed by atoms with Gasteiger partial charge in [0.25, 0.3) is 0 Å². The van der Waals surface area contributed by atoms with Crippen LogP contribution in [0, 0.1) is 17.6 Å². The fourth-order valence-electron chi connectivity index (χ4n) is 2.61. The number of likely N-dealkylation sites (tertiary alicyclic amines) is 1. The zero-order valence-electron chi connectivity index (χ0n) is 10.4. The molecule has 0 unspecified atom stereocenters. The molecule has 1 aliphatic carbocycles. The van der Waals surface area contributed by atoms with E-state index in [-0.39, 0.29) is 17.9 Å². The van der Waals surface area contributed by atoms with Gasteiger partial charge in [-0.25, -0.2) is 8.78 Å².